The van der Waals surface area contributed by atoms with E-state index >= 15 is 0 Å². The van der Waals surface area contributed by atoms with Crippen molar-refractivity contribution in [3.63, 3.8) is 0 Å². The van der Waals surface area contributed by atoms with Gasteiger partial charge in [0.15, 0.2) is 12.4 Å². The summed E-state index contributed by atoms with van der Waals surface area (Å²) in [5.74, 6) is -0.919. The number of rotatable bonds is 7. The normalized spacial score (nSPS) is 10.3. The van der Waals surface area contributed by atoms with Crippen molar-refractivity contribution in [3.05, 3.63) is 64.2 Å². The second-order valence-electron chi connectivity index (χ2n) is 5.59. The fourth-order valence-corrected chi connectivity index (χ4v) is 2.04. The second-order valence-corrected chi connectivity index (χ2v) is 5.59. The molecular formula is C18H18N2O6. The highest BCUT2D eigenvalue weighted by Crippen LogP contribution is 2.25. The van der Waals surface area contributed by atoms with E-state index in [4.69, 9.17) is 9.47 Å². The molecular weight excluding hydrogens is 340 g/mol. The predicted molar refractivity (Wildman–Crippen MR) is 94.2 cm³/mol. The van der Waals surface area contributed by atoms with Crippen LogP contribution in [0.4, 0.5) is 11.4 Å². The largest absolute Gasteiger partial charge is 0.477 e. The minimum absolute atomic E-state index is 0.0134. The van der Waals surface area contributed by atoms with Gasteiger partial charge in [0.1, 0.15) is 0 Å². The van der Waals surface area contributed by atoms with E-state index in [0.717, 1.165) is 0 Å². The number of nitrogens with zero attached hydrogens (tertiary/aromatic N) is 1. The van der Waals surface area contributed by atoms with E-state index < -0.39 is 16.8 Å². The molecule has 136 valence electrons. The van der Waals surface area contributed by atoms with Crippen LogP contribution in [-0.2, 0) is 9.53 Å². The van der Waals surface area contributed by atoms with E-state index in [2.05, 4.69) is 5.32 Å². The highest BCUT2D eigenvalue weighted by molar-refractivity contribution is 5.93. The van der Waals surface area contributed by atoms with Crippen molar-refractivity contribution in [2.45, 2.75) is 20.0 Å². The van der Waals surface area contributed by atoms with Crippen molar-refractivity contribution >= 4 is 23.3 Å². The van der Waals surface area contributed by atoms with E-state index in [1.165, 1.54) is 30.3 Å². The molecule has 0 aliphatic carbocycles. The zero-order valence-electron chi connectivity index (χ0n) is 14.3. The van der Waals surface area contributed by atoms with Gasteiger partial charge in [-0.05, 0) is 44.2 Å². The molecule has 1 amide bonds. The van der Waals surface area contributed by atoms with Gasteiger partial charge in [0.2, 0.25) is 0 Å². The van der Waals surface area contributed by atoms with Crippen LogP contribution in [0, 0.1) is 10.1 Å². The first-order valence-electron chi connectivity index (χ1n) is 7.84. The van der Waals surface area contributed by atoms with Crippen LogP contribution in [0.1, 0.15) is 24.2 Å². The van der Waals surface area contributed by atoms with Crippen LogP contribution >= 0.6 is 0 Å². The minimum Gasteiger partial charge on any atom is -0.477 e. The second kappa shape index (κ2) is 8.61. The number of carbonyl (C=O) groups excluding carboxylic acids is 2. The van der Waals surface area contributed by atoms with Gasteiger partial charge in [-0.3, -0.25) is 14.9 Å². The first-order valence-corrected chi connectivity index (χ1v) is 7.84. The molecule has 1 N–H and O–H groups in total. The summed E-state index contributed by atoms with van der Waals surface area (Å²) in [5.41, 5.74) is 0.614. The number of benzene rings is 2. The molecule has 0 aromatic heterocycles. The lowest BCUT2D eigenvalue weighted by Gasteiger charge is -2.09. The molecule has 0 unspecified atom stereocenters. The lowest BCUT2D eigenvalue weighted by molar-refractivity contribution is -0.385. The number of nitro benzene ring substituents is 1. The molecule has 8 nitrogen and oxygen atoms in total. The standard InChI is InChI=1S/C18H18N2O6/c1-12(2)26-18(22)13-7-9-14(10-8-13)19-17(21)11-25-16-6-4-3-5-15(16)20(23)24/h3-10,12H,11H2,1-2H3,(H,19,21). The first-order chi connectivity index (χ1) is 12.4. The summed E-state index contributed by atoms with van der Waals surface area (Å²) >= 11 is 0. The maximum atomic E-state index is 11.9. The molecule has 2 rings (SSSR count). The molecule has 2 aromatic rings. The Hall–Kier alpha value is -3.42. The van der Waals surface area contributed by atoms with Gasteiger partial charge >= 0.3 is 11.7 Å². The highest BCUT2D eigenvalue weighted by atomic mass is 16.6. The van der Waals surface area contributed by atoms with Crippen molar-refractivity contribution in [2.75, 3.05) is 11.9 Å². The number of para-hydroxylation sites is 2. The smallest absolute Gasteiger partial charge is 0.338 e. The fraction of sp³-hybridized carbons (Fsp3) is 0.222. The lowest BCUT2D eigenvalue weighted by Crippen LogP contribution is -2.20. The average Bonchev–Trinajstić information content (AvgIpc) is 2.60. The number of hydrogen-bond acceptors (Lipinski definition) is 6. The molecule has 0 aliphatic heterocycles. The summed E-state index contributed by atoms with van der Waals surface area (Å²) in [6.45, 7) is 3.12. The number of amides is 1. The summed E-state index contributed by atoms with van der Waals surface area (Å²) in [6.07, 6.45) is -0.221. The molecule has 0 radical (unpaired) electrons. The van der Waals surface area contributed by atoms with Crippen LogP contribution in [0.15, 0.2) is 48.5 Å². The predicted octanol–water partition coefficient (Wildman–Crippen LogP) is 3.18. The Morgan fingerprint density at radius 2 is 1.77 bits per heavy atom. The quantitative estimate of drug-likeness (QED) is 0.463. The van der Waals surface area contributed by atoms with Crippen molar-refractivity contribution in [3.8, 4) is 5.75 Å². The van der Waals surface area contributed by atoms with Crippen LogP contribution in [0.3, 0.4) is 0 Å². The Bertz CT molecular complexity index is 802. The van der Waals surface area contributed by atoms with Gasteiger partial charge in [0.05, 0.1) is 16.6 Å². The van der Waals surface area contributed by atoms with Crippen LogP contribution < -0.4 is 10.1 Å². The van der Waals surface area contributed by atoms with Crippen molar-refractivity contribution < 1.29 is 24.0 Å². The Morgan fingerprint density at radius 1 is 1.12 bits per heavy atom. The number of anilines is 1. The minimum atomic E-state index is -0.581. The maximum Gasteiger partial charge on any atom is 0.338 e. The summed E-state index contributed by atoms with van der Waals surface area (Å²) in [7, 11) is 0. The van der Waals surface area contributed by atoms with Gasteiger partial charge in [-0.1, -0.05) is 12.1 Å². The monoisotopic (exact) mass is 358 g/mol. The number of nitrogens with one attached hydrogen (secondary N) is 1. The molecule has 8 heteroatoms. The zero-order chi connectivity index (χ0) is 19.1. The molecule has 0 saturated carbocycles. The molecule has 0 spiro atoms. The number of ether oxygens (including phenoxy) is 2. The molecule has 26 heavy (non-hydrogen) atoms. The van der Waals surface area contributed by atoms with Crippen molar-refractivity contribution in [1.82, 2.24) is 0 Å². The van der Waals surface area contributed by atoms with Gasteiger partial charge in [0.25, 0.3) is 5.91 Å². The van der Waals surface area contributed by atoms with E-state index in [1.54, 1.807) is 32.0 Å². The maximum absolute atomic E-state index is 11.9. The van der Waals surface area contributed by atoms with Crippen LogP contribution in [0.2, 0.25) is 0 Å². The SMILES string of the molecule is CC(C)OC(=O)c1ccc(NC(=O)COc2ccccc2[N+](=O)[O-])cc1. The van der Waals surface area contributed by atoms with Gasteiger partial charge in [-0.2, -0.15) is 0 Å². The van der Waals surface area contributed by atoms with Crippen LogP contribution in [0.25, 0.3) is 0 Å². The fourth-order valence-electron chi connectivity index (χ4n) is 2.04. The summed E-state index contributed by atoms with van der Waals surface area (Å²) in [6, 6.07) is 12.0. The molecule has 0 bridgehead atoms. The van der Waals surface area contributed by atoms with E-state index in [-0.39, 0.29) is 24.1 Å². The molecule has 0 aliphatic rings. The lowest BCUT2D eigenvalue weighted by atomic mass is 10.2. The number of hydrogen-bond donors (Lipinski definition) is 1. The third-order valence-corrected chi connectivity index (χ3v) is 3.17. The topological polar surface area (TPSA) is 108 Å². The third kappa shape index (κ3) is 5.30. The Morgan fingerprint density at radius 3 is 2.38 bits per heavy atom. The number of esters is 1. The van der Waals surface area contributed by atoms with Gasteiger partial charge in [-0.15, -0.1) is 0 Å². The summed E-state index contributed by atoms with van der Waals surface area (Å²) < 4.78 is 10.3. The number of nitro groups is 1. The summed E-state index contributed by atoms with van der Waals surface area (Å²) in [4.78, 5) is 34.0. The Balaban J connectivity index is 1.92. The van der Waals surface area contributed by atoms with E-state index in [0.29, 0.717) is 11.3 Å². The third-order valence-electron chi connectivity index (χ3n) is 3.17. The average molecular weight is 358 g/mol. The van der Waals surface area contributed by atoms with Gasteiger partial charge in [0, 0.05) is 11.8 Å². The van der Waals surface area contributed by atoms with Crippen LogP contribution in [-0.4, -0.2) is 29.5 Å². The molecule has 0 atom stereocenters. The molecule has 0 heterocycles. The Labute approximate surface area is 149 Å². The van der Waals surface area contributed by atoms with Crippen molar-refractivity contribution in [1.29, 1.82) is 0 Å². The van der Waals surface area contributed by atoms with E-state index in [1.807, 2.05) is 0 Å². The summed E-state index contributed by atoms with van der Waals surface area (Å²) in [5, 5.41) is 13.5. The van der Waals surface area contributed by atoms with E-state index in [9.17, 15) is 19.7 Å². The van der Waals surface area contributed by atoms with Gasteiger partial charge < -0.3 is 14.8 Å². The molecule has 2 aromatic carbocycles. The first kappa shape index (κ1) is 18.9. The highest BCUT2D eigenvalue weighted by Gasteiger charge is 2.15. The molecule has 0 fully saturated rings. The van der Waals surface area contributed by atoms with Crippen molar-refractivity contribution in [2.24, 2.45) is 0 Å². The Kier molecular flexibility index (Phi) is 6.26. The van der Waals surface area contributed by atoms with Crippen LogP contribution in [0.5, 0.6) is 5.75 Å². The molecule has 0 saturated heterocycles. The van der Waals surface area contributed by atoms with Gasteiger partial charge in [-0.25, -0.2) is 4.79 Å². The zero-order valence-corrected chi connectivity index (χ0v) is 14.3. The number of carbonyl (C=O) groups is 2.